The van der Waals surface area contributed by atoms with Crippen LogP contribution in [0.2, 0.25) is 0 Å². The first-order chi connectivity index (χ1) is 13.7. The zero-order valence-electron chi connectivity index (χ0n) is 17.7. The molecule has 0 spiro atoms. The summed E-state index contributed by atoms with van der Waals surface area (Å²) in [5, 5.41) is 11.0. The van der Waals surface area contributed by atoms with Crippen LogP contribution in [0.1, 0.15) is 57.5 Å². The van der Waals surface area contributed by atoms with Gasteiger partial charge in [0.2, 0.25) is 5.91 Å². The van der Waals surface area contributed by atoms with Gasteiger partial charge in [-0.3, -0.25) is 9.59 Å². The van der Waals surface area contributed by atoms with Crippen LogP contribution in [0.3, 0.4) is 0 Å². The van der Waals surface area contributed by atoms with Crippen molar-refractivity contribution in [3.8, 4) is 0 Å². The molecule has 5 nitrogen and oxygen atoms in total. The standard InChI is InChI=1S/C24H29N3O2/c1-15(2)22(16-10-12-17(13-11-16)24(3,4)5)25-21(28)14-20-18-8-6-7-9-19(18)23(29)27-26-20/h6-13,15,22H,14H2,1-5H3,(H,25,28)(H,27,29)/t22-/m1/s1. The first kappa shape index (κ1) is 20.8. The molecule has 5 heteroatoms. The fourth-order valence-corrected chi connectivity index (χ4v) is 3.51. The Kier molecular flexibility index (Phi) is 5.87. The lowest BCUT2D eigenvalue weighted by Crippen LogP contribution is -2.33. The molecule has 29 heavy (non-hydrogen) atoms. The number of carbonyl (C=O) groups excluding carboxylic acids is 1. The number of hydrogen-bond donors (Lipinski definition) is 2. The van der Waals surface area contributed by atoms with E-state index in [0.717, 1.165) is 5.56 Å². The van der Waals surface area contributed by atoms with Crippen molar-refractivity contribution < 1.29 is 4.79 Å². The summed E-state index contributed by atoms with van der Waals surface area (Å²) in [4.78, 5) is 24.8. The molecule has 2 N–H and O–H groups in total. The summed E-state index contributed by atoms with van der Waals surface area (Å²) in [7, 11) is 0. The molecule has 0 aliphatic rings. The second kappa shape index (κ2) is 8.19. The van der Waals surface area contributed by atoms with Crippen LogP contribution in [-0.4, -0.2) is 16.1 Å². The highest BCUT2D eigenvalue weighted by Crippen LogP contribution is 2.27. The third kappa shape index (κ3) is 4.73. The average molecular weight is 392 g/mol. The topological polar surface area (TPSA) is 74.8 Å². The lowest BCUT2D eigenvalue weighted by molar-refractivity contribution is -0.121. The Morgan fingerprint density at radius 3 is 2.24 bits per heavy atom. The van der Waals surface area contributed by atoms with E-state index in [0.29, 0.717) is 16.5 Å². The quantitative estimate of drug-likeness (QED) is 0.682. The van der Waals surface area contributed by atoms with Crippen LogP contribution >= 0.6 is 0 Å². The van der Waals surface area contributed by atoms with E-state index in [4.69, 9.17) is 0 Å². The molecule has 1 atom stereocenters. The van der Waals surface area contributed by atoms with E-state index in [-0.39, 0.29) is 35.3 Å². The number of hydrogen-bond acceptors (Lipinski definition) is 3. The van der Waals surface area contributed by atoms with Gasteiger partial charge >= 0.3 is 0 Å². The Balaban J connectivity index is 1.81. The zero-order chi connectivity index (χ0) is 21.2. The molecule has 0 bridgehead atoms. The van der Waals surface area contributed by atoms with E-state index in [2.05, 4.69) is 74.4 Å². The molecule has 0 radical (unpaired) electrons. The monoisotopic (exact) mass is 391 g/mol. The van der Waals surface area contributed by atoms with Gasteiger partial charge in [0.05, 0.1) is 23.5 Å². The van der Waals surface area contributed by atoms with Gasteiger partial charge in [-0.25, -0.2) is 5.10 Å². The van der Waals surface area contributed by atoms with Crippen molar-refractivity contribution in [1.82, 2.24) is 15.5 Å². The van der Waals surface area contributed by atoms with E-state index < -0.39 is 0 Å². The normalized spacial score (nSPS) is 12.9. The number of benzene rings is 2. The number of nitrogens with one attached hydrogen (secondary N) is 2. The fraction of sp³-hybridized carbons (Fsp3) is 0.375. The lowest BCUT2D eigenvalue weighted by Gasteiger charge is -2.25. The molecule has 152 valence electrons. The summed E-state index contributed by atoms with van der Waals surface area (Å²) in [6, 6.07) is 15.6. The molecule has 0 unspecified atom stereocenters. The fourth-order valence-electron chi connectivity index (χ4n) is 3.51. The van der Waals surface area contributed by atoms with Crippen LogP contribution < -0.4 is 10.9 Å². The van der Waals surface area contributed by atoms with Crippen LogP contribution in [0.4, 0.5) is 0 Å². The highest BCUT2D eigenvalue weighted by atomic mass is 16.1. The summed E-state index contributed by atoms with van der Waals surface area (Å²) < 4.78 is 0. The third-order valence-electron chi connectivity index (χ3n) is 5.22. The van der Waals surface area contributed by atoms with E-state index in [1.54, 1.807) is 12.1 Å². The molecule has 0 saturated heterocycles. The summed E-state index contributed by atoms with van der Waals surface area (Å²) in [6.07, 6.45) is 0.112. The largest absolute Gasteiger partial charge is 0.349 e. The minimum atomic E-state index is -0.247. The molecule has 0 aliphatic heterocycles. The molecule has 1 aromatic heterocycles. The second-order valence-electron chi connectivity index (χ2n) is 8.88. The molecule has 1 amide bonds. The number of aromatic nitrogens is 2. The van der Waals surface area contributed by atoms with Crippen LogP contribution in [0.5, 0.6) is 0 Å². The maximum Gasteiger partial charge on any atom is 0.272 e. The van der Waals surface area contributed by atoms with Gasteiger partial charge in [-0.1, -0.05) is 77.1 Å². The minimum absolute atomic E-state index is 0.0893. The Bertz CT molecular complexity index is 1060. The number of aromatic amines is 1. The van der Waals surface area contributed by atoms with Gasteiger partial charge in [-0.05, 0) is 28.5 Å². The third-order valence-corrected chi connectivity index (χ3v) is 5.22. The molecule has 3 aromatic rings. The average Bonchev–Trinajstić information content (AvgIpc) is 2.68. The second-order valence-corrected chi connectivity index (χ2v) is 8.88. The summed E-state index contributed by atoms with van der Waals surface area (Å²) >= 11 is 0. The Morgan fingerprint density at radius 1 is 1.03 bits per heavy atom. The van der Waals surface area contributed by atoms with Gasteiger partial charge in [-0.15, -0.1) is 0 Å². The van der Waals surface area contributed by atoms with Crippen molar-refractivity contribution in [3.05, 3.63) is 75.7 Å². The van der Waals surface area contributed by atoms with Crippen LogP contribution in [0.15, 0.2) is 53.3 Å². The van der Waals surface area contributed by atoms with E-state index in [1.165, 1.54) is 5.56 Å². The predicted molar refractivity (Wildman–Crippen MR) is 117 cm³/mol. The number of H-pyrrole nitrogens is 1. The van der Waals surface area contributed by atoms with Gasteiger partial charge < -0.3 is 5.32 Å². The Morgan fingerprint density at radius 2 is 1.66 bits per heavy atom. The van der Waals surface area contributed by atoms with Crippen molar-refractivity contribution >= 4 is 16.7 Å². The summed E-state index contributed by atoms with van der Waals surface area (Å²) in [6.45, 7) is 10.7. The van der Waals surface area contributed by atoms with E-state index in [9.17, 15) is 9.59 Å². The minimum Gasteiger partial charge on any atom is -0.349 e. The van der Waals surface area contributed by atoms with Crippen LogP contribution in [-0.2, 0) is 16.6 Å². The predicted octanol–water partition coefficient (Wildman–Crippen LogP) is 4.28. The van der Waals surface area contributed by atoms with Gasteiger partial charge in [0, 0.05) is 5.39 Å². The number of fused-ring (bicyclic) bond motifs is 1. The SMILES string of the molecule is CC(C)[C@@H](NC(=O)Cc1n[nH]c(=O)c2ccccc12)c1ccc(C(C)(C)C)cc1. The highest BCUT2D eigenvalue weighted by molar-refractivity contribution is 5.88. The maximum absolute atomic E-state index is 12.8. The smallest absolute Gasteiger partial charge is 0.272 e. The highest BCUT2D eigenvalue weighted by Gasteiger charge is 2.21. The number of nitrogens with zero attached hydrogens (tertiary/aromatic N) is 1. The molecular weight excluding hydrogens is 362 g/mol. The summed E-state index contributed by atoms with van der Waals surface area (Å²) in [5.74, 6) is 0.119. The summed E-state index contributed by atoms with van der Waals surface area (Å²) in [5.41, 5.74) is 2.76. The number of rotatable bonds is 5. The van der Waals surface area contributed by atoms with Crippen molar-refractivity contribution in [2.24, 2.45) is 5.92 Å². The van der Waals surface area contributed by atoms with Gasteiger partial charge in [-0.2, -0.15) is 5.10 Å². The number of carbonyl (C=O) groups is 1. The molecule has 0 aliphatic carbocycles. The van der Waals surface area contributed by atoms with Crippen molar-refractivity contribution in [1.29, 1.82) is 0 Å². The lowest BCUT2D eigenvalue weighted by atomic mass is 9.85. The Hall–Kier alpha value is -2.95. The van der Waals surface area contributed by atoms with Crippen molar-refractivity contribution in [2.75, 3.05) is 0 Å². The van der Waals surface area contributed by atoms with Gasteiger partial charge in [0.15, 0.2) is 0 Å². The molecule has 0 fully saturated rings. The van der Waals surface area contributed by atoms with Gasteiger partial charge in [0.1, 0.15) is 0 Å². The first-order valence-corrected chi connectivity index (χ1v) is 10.0. The van der Waals surface area contributed by atoms with E-state index in [1.807, 2.05) is 12.1 Å². The zero-order valence-corrected chi connectivity index (χ0v) is 17.7. The van der Waals surface area contributed by atoms with Crippen molar-refractivity contribution in [3.63, 3.8) is 0 Å². The van der Waals surface area contributed by atoms with Crippen LogP contribution in [0.25, 0.3) is 10.8 Å². The number of amides is 1. The molecule has 3 rings (SSSR count). The molecule has 1 heterocycles. The maximum atomic E-state index is 12.8. The molecule has 2 aromatic carbocycles. The van der Waals surface area contributed by atoms with E-state index >= 15 is 0 Å². The first-order valence-electron chi connectivity index (χ1n) is 10.0. The van der Waals surface area contributed by atoms with Crippen LogP contribution in [0, 0.1) is 5.92 Å². The van der Waals surface area contributed by atoms with Gasteiger partial charge in [0.25, 0.3) is 5.56 Å². The molecule has 0 saturated carbocycles. The Labute approximate surface area is 171 Å². The molecular formula is C24H29N3O2. The van der Waals surface area contributed by atoms with Crippen molar-refractivity contribution in [2.45, 2.75) is 52.5 Å².